The molecule has 1 unspecified atom stereocenters. The predicted octanol–water partition coefficient (Wildman–Crippen LogP) is 3.28. The van der Waals surface area contributed by atoms with Crippen LogP contribution in [0.3, 0.4) is 0 Å². The Hall–Kier alpha value is -2.36. The fourth-order valence-corrected chi connectivity index (χ4v) is 2.54. The second kappa shape index (κ2) is 6.18. The molecule has 1 atom stereocenters. The van der Waals surface area contributed by atoms with Gasteiger partial charge in [-0.3, -0.25) is 4.79 Å². The minimum absolute atomic E-state index is 0.0789. The van der Waals surface area contributed by atoms with Crippen molar-refractivity contribution in [2.75, 3.05) is 7.11 Å². The Morgan fingerprint density at radius 2 is 1.95 bits per heavy atom. The number of nitrogens with zero attached hydrogens (tertiary/aromatic N) is 1. The zero-order valence-electron chi connectivity index (χ0n) is 12.9. The van der Waals surface area contributed by atoms with E-state index in [1.54, 1.807) is 25.4 Å². The van der Waals surface area contributed by atoms with Gasteiger partial charge in [0.1, 0.15) is 0 Å². The summed E-state index contributed by atoms with van der Waals surface area (Å²) >= 11 is 0. The third-order valence-corrected chi connectivity index (χ3v) is 4.02. The number of aryl methyl sites for hydroxylation is 1. The number of amides is 1. The van der Waals surface area contributed by atoms with Crippen LogP contribution in [-0.2, 0) is 0 Å². The maximum atomic E-state index is 12.4. The molecule has 1 heterocycles. The molecular weight excluding hydrogens is 276 g/mol. The lowest BCUT2D eigenvalue weighted by molar-refractivity contribution is 0.0931. The molecule has 1 saturated carbocycles. The number of nitrogens with one attached hydrogen (secondary N) is 1. The topological polar surface area (TPSA) is 51.2 Å². The van der Waals surface area contributed by atoms with Gasteiger partial charge in [0.15, 0.2) is 0 Å². The molecule has 1 N–H and O–H groups in total. The van der Waals surface area contributed by atoms with Crippen molar-refractivity contribution in [2.45, 2.75) is 25.8 Å². The van der Waals surface area contributed by atoms with Crippen molar-refractivity contribution in [3.8, 4) is 5.88 Å². The molecule has 0 saturated heterocycles. The molecule has 0 bridgehead atoms. The molecule has 3 rings (SSSR count). The minimum atomic E-state index is -0.0902. The van der Waals surface area contributed by atoms with Crippen molar-refractivity contribution in [2.24, 2.45) is 5.92 Å². The number of rotatable bonds is 5. The lowest BCUT2D eigenvalue weighted by Gasteiger charge is -2.19. The van der Waals surface area contributed by atoms with Crippen LogP contribution < -0.4 is 10.1 Å². The summed E-state index contributed by atoms with van der Waals surface area (Å²) in [6.07, 6.45) is 3.88. The maximum absolute atomic E-state index is 12.4. The third-order valence-electron chi connectivity index (χ3n) is 4.02. The van der Waals surface area contributed by atoms with Gasteiger partial charge in [-0.25, -0.2) is 4.98 Å². The lowest BCUT2D eigenvalue weighted by Crippen LogP contribution is -2.30. The molecule has 0 spiro atoms. The molecule has 1 aromatic heterocycles. The van der Waals surface area contributed by atoms with E-state index in [4.69, 9.17) is 4.74 Å². The maximum Gasteiger partial charge on any atom is 0.253 e. The standard InChI is InChI=1S/C18H20N2O2/c1-12-3-5-13(6-4-12)17(14-7-8-14)20-18(21)15-9-10-16(22-2)19-11-15/h3-6,9-11,14,17H,7-8H2,1-2H3,(H,20,21). The van der Waals surface area contributed by atoms with E-state index < -0.39 is 0 Å². The largest absolute Gasteiger partial charge is 0.481 e. The second-order valence-electron chi connectivity index (χ2n) is 5.79. The van der Waals surface area contributed by atoms with Gasteiger partial charge in [-0.2, -0.15) is 0 Å². The van der Waals surface area contributed by atoms with Gasteiger partial charge in [-0.05, 0) is 37.3 Å². The van der Waals surface area contributed by atoms with Gasteiger partial charge in [0.05, 0.1) is 18.7 Å². The molecule has 1 aliphatic carbocycles. The van der Waals surface area contributed by atoms with Crippen molar-refractivity contribution < 1.29 is 9.53 Å². The van der Waals surface area contributed by atoms with Crippen LogP contribution in [-0.4, -0.2) is 18.0 Å². The normalized spacial score (nSPS) is 15.2. The third kappa shape index (κ3) is 3.27. The zero-order chi connectivity index (χ0) is 15.5. The van der Waals surface area contributed by atoms with Crippen LogP contribution in [0.25, 0.3) is 0 Å². The van der Waals surface area contributed by atoms with Gasteiger partial charge in [0.2, 0.25) is 5.88 Å². The number of ether oxygens (including phenoxy) is 1. The highest BCUT2D eigenvalue weighted by Crippen LogP contribution is 2.41. The number of pyridine rings is 1. The SMILES string of the molecule is COc1ccc(C(=O)NC(c2ccc(C)cc2)C2CC2)cn1. The van der Waals surface area contributed by atoms with E-state index in [0.717, 1.165) is 0 Å². The van der Waals surface area contributed by atoms with Crippen LogP contribution in [0.2, 0.25) is 0 Å². The van der Waals surface area contributed by atoms with Gasteiger partial charge in [-0.15, -0.1) is 0 Å². The molecule has 0 radical (unpaired) electrons. The van der Waals surface area contributed by atoms with Crippen LogP contribution in [0.15, 0.2) is 42.6 Å². The fraction of sp³-hybridized carbons (Fsp3) is 0.333. The highest BCUT2D eigenvalue weighted by Gasteiger charge is 2.33. The average Bonchev–Trinajstić information content (AvgIpc) is 3.38. The molecule has 1 aromatic carbocycles. The monoisotopic (exact) mass is 296 g/mol. The Morgan fingerprint density at radius 1 is 1.23 bits per heavy atom. The van der Waals surface area contributed by atoms with E-state index in [1.807, 2.05) is 0 Å². The van der Waals surface area contributed by atoms with Gasteiger partial charge >= 0.3 is 0 Å². The van der Waals surface area contributed by atoms with Crippen LogP contribution in [0.4, 0.5) is 0 Å². The molecule has 4 heteroatoms. The summed E-state index contributed by atoms with van der Waals surface area (Å²) in [6.45, 7) is 2.07. The zero-order valence-corrected chi connectivity index (χ0v) is 12.9. The lowest BCUT2D eigenvalue weighted by atomic mass is 10.0. The molecule has 4 nitrogen and oxygen atoms in total. The summed E-state index contributed by atoms with van der Waals surface area (Å²) in [5.74, 6) is 0.958. The Bertz CT molecular complexity index is 646. The van der Waals surface area contributed by atoms with Crippen LogP contribution in [0.5, 0.6) is 5.88 Å². The number of carbonyl (C=O) groups is 1. The van der Waals surface area contributed by atoms with Gasteiger partial charge < -0.3 is 10.1 Å². The Morgan fingerprint density at radius 3 is 2.50 bits per heavy atom. The molecular formula is C18H20N2O2. The highest BCUT2D eigenvalue weighted by atomic mass is 16.5. The van der Waals surface area contributed by atoms with Gasteiger partial charge in [-0.1, -0.05) is 29.8 Å². The number of hydrogen-bond acceptors (Lipinski definition) is 3. The smallest absolute Gasteiger partial charge is 0.253 e. The molecule has 1 amide bonds. The van der Waals surface area contributed by atoms with E-state index in [1.165, 1.54) is 24.0 Å². The second-order valence-corrected chi connectivity index (χ2v) is 5.79. The quantitative estimate of drug-likeness (QED) is 0.921. The first kappa shape index (κ1) is 14.6. The van der Waals surface area contributed by atoms with Crippen LogP contribution in [0.1, 0.15) is 40.4 Å². The average molecular weight is 296 g/mol. The van der Waals surface area contributed by atoms with Crippen molar-refractivity contribution >= 4 is 5.91 Å². The summed E-state index contributed by atoms with van der Waals surface area (Å²) in [6, 6.07) is 11.9. The van der Waals surface area contributed by atoms with Crippen molar-refractivity contribution in [1.82, 2.24) is 10.3 Å². The summed E-state index contributed by atoms with van der Waals surface area (Å²) in [5.41, 5.74) is 2.95. The van der Waals surface area contributed by atoms with E-state index in [0.29, 0.717) is 17.4 Å². The van der Waals surface area contributed by atoms with E-state index >= 15 is 0 Å². The number of hydrogen-bond donors (Lipinski definition) is 1. The van der Waals surface area contributed by atoms with E-state index in [9.17, 15) is 4.79 Å². The minimum Gasteiger partial charge on any atom is -0.481 e. The molecule has 1 aliphatic rings. The Balaban J connectivity index is 1.75. The summed E-state index contributed by atoms with van der Waals surface area (Å²) in [7, 11) is 1.56. The molecule has 0 aliphatic heterocycles. The summed E-state index contributed by atoms with van der Waals surface area (Å²) in [4.78, 5) is 16.5. The van der Waals surface area contributed by atoms with Crippen molar-refractivity contribution in [3.63, 3.8) is 0 Å². The summed E-state index contributed by atoms with van der Waals surface area (Å²) in [5, 5.41) is 3.15. The van der Waals surface area contributed by atoms with E-state index in [-0.39, 0.29) is 11.9 Å². The van der Waals surface area contributed by atoms with Crippen molar-refractivity contribution in [1.29, 1.82) is 0 Å². The first-order chi connectivity index (χ1) is 10.7. The first-order valence-corrected chi connectivity index (χ1v) is 7.55. The number of methoxy groups -OCH3 is 1. The molecule has 114 valence electrons. The Labute approximate surface area is 130 Å². The van der Waals surface area contributed by atoms with Crippen LogP contribution >= 0.6 is 0 Å². The summed E-state index contributed by atoms with van der Waals surface area (Å²) < 4.78 is 5.02. The van der Waals surface area contributed by atoms with Crippen molar-refractivity contribution in [3.05, 3.63) is 59.3 Å². The number of benzene rings is 1. The molecule has 22 heavy (non-hydrogen) atoms. The fourth-order valence-electron chi connectivity index (χ4n) is 2.54. The molecule has 1 fully saturated rings. The number of aromatic nitrogens is 1. The first-order valence-electron chi connectivity index (χ1n) is 7.55. The van der Waals surface area contributed by atoms with Gasteiger partial charge in [0, 0.05) is 12.3 Å². The molecule has 2 aromatic rings. The van der Waals surface area contributed by atoms with Crippen LogP contribution in [0, 0.1) is 12.8 Å². The van der Waals surface area contributed by atoms with E-state index in [2.05, 4.69) is 41.5 Å². The van der Waals surface area contributed by atoms with Gasteiger partial charge in [0.25, 0.3) is 5.91 Å². The predicted molar refractivity (Wildman–Crippen MR) is 84.9 cm³/mol. The highest BCUT2D eigenvalue weighted by molar-refractivity contribution is 5.94. The number of carbonyl (C=O) groups excluding carboxylic acids is 1. The Kier molecular flexibility index (Phi) is 4.09.